The van der Waals surface area contributed by atoms with Gasteiger partial charge in [0, 0.05) is 36.3 Å². The molecule has 32 heavy (non-hydrogen) atoms. The molecule has 0 saturated carbocycles. The second-order valence-corrected chi connectivity index (χ2v) is 7.19. The Hall–Kier alpha value is -4.33. The maximum Gasteiger partial charge on any atom is 0.300 e. The molecule has 0 radical (unpaired) electrons. The van der Waals surface area contributed by atoms with Crippen molar-refractivity contribution >= 4 is 34.7 Å². The van der Waals surface area contributed by atoms with E-state index in [1.807, 2.05) is 0 Å². The van der Waals surface area contributed by atoms with Crippen LogP contribution in [0.2, 0.25) is 0 Å². The van der Waals surface area contributed by atoms with Crippen molar-refractivity contribution in [1.29, 1.82) is 0 Å². The SMILES string of the molecule is CC(=O)Nc1cccc(N2C(=O)C(=O)/C(=C(/O)c3ccc(F)cc3)C2c2cccnc2)c1. The van der Waals surface area contributed by atoms with E-state index in [2.05, 4.69) is 10.3 Å². The molecule has 1 saturated heterocycles. The van der Waals surface area contributed by atoms with Gasteiger partial charge in [0.2, 0.25) is 5.91 Å². The van der Waals surface area contributed by atoms with E-state index >= 15 is 0 Å². The number of carbonyl (C=O) groups excluding carboxylic acids is 3. The maximum absolute atomic E-state index is 13.4. The van der Waals surface area contributed by atoms with E-state index in [0.29, 0.717) is 16.9 Å². The van der Waals surface area contributed by atoms with Crippen LogP contribution in [0, 0.1) is 5.82 Å². The molecule has 1 unspecified atom stereocenters. The third-order valence-electron chi connectivity index (χ3n) is 5.01. The minimum absolute atomic E-state index is 0.139. The van der Waals surface area contributed by atoms with E-state index in [4.69, 9.17) is 0 Å². The van der Waals surface area contributed by atoms with Crippen molar-refractivity contribution in [1.82, 2.24) is 4.98 Å². The lowest BCUT2D eigenvalue weighted by molar-refractivity contribution is -0.132. The van der Waals surface area contributed by atoms with Crippen molar-refractivity contribution in [3.8, 4) is 0 Å². The maximum atomic E-state index is 13.4. The third kappa shape index (κ3) is 3.85. The van der Waals surface area contributed by atoms with E-state index in [9.17, 15) is 23.9 Å². The summed E-state index contributed by atoms with van der Waals surface area (Å²) in [7, 11) is 0. The Morgan fingerprint density at radius 3 is 2.50 bits per heavy atom. The Bertz CT molecular complexity index is 1240. The van der Waals surface area contributed by atoms with Gasteiger partial charge >= 0.3 is 0 Å². The number of aliphatic hydroxyl groups is 1. The summed E-state index contributed by atoms with van der Waals surface area (Å²) in [6.07, 6.45) is 3.05. The number of halogens is 1. The molecular weight excluding hydrogens is 413 g/mol. The normalized spacial score (nSPS) is 17.4. The fraction of sp³-hybridized carbons (Fsp3) is 0.0833. The molecule has 1 aromatic heterocycles. The van der Waals surface area contributed by atoms with Gasteiger partial charge in [-0.25, -0.2) is 4.39 Å². The fourth-order valence-electron chi connectivity index (χ4n) is 3.65. The number of nitrogens with zero attached hydrogens (tertiary/aromatic N) is 2. The van der Waals surface area contributed by atoms with E-state index < -0.39 is 29.3 Å². The first-order chi connectivity index (χ1) is 15.4. The Kier molecular flexibility index (Phi) is 5.51. The zero-order valence-corrected chi connectivity index (χ0v) is 16.9. The molecule has 1 aliphatic heterocycles. The van der Waals surface area contributed by atoms with Crippen molar-refractivity contribution in [2.24, 2.45) is 0 Å². The van der Waals surface area contributed by atoms with Crippen molar-refractivity contribution in [2.75, 3.05) is 10.2 Å². The summed E-state index contributed by atoms with van der Waals surface area (Å²) in [4.78, 5) is 42.9. The highest BCUT2D eigenvalue weighted by atomic mass is 19.1. The number of aromatic nitrogens is 1. The largest absolute Gasteiger partial charge is 0.507 e. The lowest BCUT2D eigenvalue weighted by Gasteiger charge is -2.25. The van der Waals surface area contributed by atoms with Gasteiger partial charge in [0.25, 0.3) is 11.7 Å². The van der Waals surface area contributed by atoms with Gasteiger partial charge in [0.05, 0.1) is 11.6 Å². The van der Waals surface area contributed by atoms with Crippen molar-refractivity contribution in [3.05, 3.63) is 95.6 Å². The lowest BCUT2D eigenvalue weighted by atomic mass is 9.96. The summed E-state index contributed by atoms with van der Waals surface area (Å²) < 4.78 is 13.4. The summed E-state index contributed by atoms with van der Waals surface area (Å²) in [6, 6.07) is 13.8. The van der Waals surface area contributed by atoms with Gasteiger partial charge in [0.15, 0.2) is 0 Å². The number of amides is 2. The monoisotopic (exact) mass is 431 g/mol. The molecule has 1 fully saturated rings. The second kappa shape index (κ2) is 8.43. The molecule has 7 nitrogen and oxygen atoms in total. The minimum Gasteiger partial charge on any atom is -0.507 e. The molecule has 2 N–H and O–H groups in total. The Morgan fingerprint density at radius 2 is 1.84 bits per heavy atom. The highest BCUT2D eigenvalue weighted by Crippen LogP contribution is 2.42. The zero-order chi connectivity index (χ0) is 22.8. The average Bonchev–Trinajstić information content (AvgIpc) is 3.05. The third-order valence-corrected chi connectivity index (χ3v) is 5.01. The summed E-state index contributed by atoms with van der Waals surface area (Å²) in [5.74, 6) is -2.93. The lowest BCUT2D eigenvalue weighted by Crippen LogP contribution is -2.29. The predicted molar refractivity (Wildman–Crippen MR) is 116 cm³/mol. The molecule has 0 bridgehead atoms. The van der Waals surface area contributed by atoms with Crippen LogP contribution in [0.4, 0.5) is 15.8 Å². The molecule has 0 spiro atoms. The van der Waals surface area contributed by atoms with Crippen LogP contribution in [-0.2, 0) is 14.4 Å². The van der Waals surface area contributed by atoms with Crippen LogP contribution in [0.3, 0.4) is 0 Å². The Labute approximate surface area is 182 Å². The number of hydrogen-bond donors (Lipinski definition) is 2. The number of anilines is 2. The number of carbonyl (C=O) groups is 3. The molecule has 8 heteroatoms. The van der Waals surface area contributed by atoms with Crippen molar-refractivity contribution in [2.45, 2.75) is 13.0 Å². The highest BCUT2D eigenvalue weighted by molar-refractivity contribution is 6.51. The van der Waals surface area contributed by atoms with E-state index in [0.717, 1.165) is 12.1 Å². The minimum atomic E-state index is -0.971. The highest BCUT2D eigenvalue weighted by Gasteiger charge is 2.47. The molecule has 1 atom stereocenters. The molecule has 4 rings (SSSR count). The summed E-state index contributed by atoms with van der Waals surface area (Å²) >= 11 is 0. The average molecular weight is 431 g/mol. The Balaban J connectivity index is 1.90. The molecule has 1 aliphatic rings. The van der Waals surface area contributed by atoms with Gasteiger partial charge < -0.3 is 10.4 Å². The first kappa shape index (κ1) is 20.9. The van der Waals surface area contributed by atoms with Crippen LogP contribution in [-0.4, -0.2) is 27.7 Å². The van der Waals surface area contributed by atoms with Gasteiger partial charge in [-0.2, -0.15) is 0 Å². The van der Waals surface area contributed by atoms with Crippen LogP contribution in [0.1, 0.15) is 24.1 Å². The summed E-state index contributed by atoms with van der Waals surface area (Å²) in [6.45, 7) is 1.36. The van der Waals surface area contributed by atoms with Crippen molar-refractivity contribution in [3.63, 3.8) is 0 Å². The van der Waals surface area contributed by atoms with Crippen LogP contribution < -0.4 is 10.2 Å². The molecule has 0 aliphatic carbocycles. The number of pyridine rings is 1. The number of ketones is 1. The first-order valence-corrected chi connectivity index (χ1v) is 9.71. The number of nitrogens with one attached hydrogen (secondary N) is 1. The topological polar surface area (TPSA) is 99.6 Å². The number of benzene rings is 2. The van der Waals surface area contributed by atoms with E-state index in [1.165, 1.54) is 30.2 Å². The van der Waals surface area contributed by atoms with Crippen molar-refractivity contribution < 1.29 is 23.9 Å². The zero-order valence-electron chi connectivity index (χ0n) is 16.9. The molecular formula is C24H18FN3O4. The molecule has 2 amide bonds. The molecule has 3 aromatic rings. The first-order valence-electron chi connectivity index (χ1n) is 9.71. The molecule has 2 heterocycles. The second-order valence-electron chi connectivity index (χ2n) is 7.19. The van der Waals surface area contributed by atoms with Crippen LogP contribution in [0.15, 0.2) is 78.6 Å². The smallest absolute Gasteiger partial charge is 0.300 e. The standard InChI is InChI=1S/C24H18FN3O4/c1-14(29)27-18-5-2-6-19(12-18)28-21(16-4-3-11-26-13-16)20(23(31)24(28)32)22(30)15-7-9-17(25)10-8-15/h2-13,21,30H,1H3,(H,27,29)/b22-20+. The van der Waals surface area contributed by atoms with Crippen LogP contribution in [0.5, 0.6) is 0 Å². The molecule has 160 valence electrons. The van der Waals surface area contributed by atoms with Gasteiger partial charge in [0.1, 0.15) is 11.6 Å². The molecule has 2 aromatic carbocycles. The van der Waals surface area contributed by atoms with Crippen LogP contribution in [0.25, 0.3) is 5.76 Å². The van der Waals surface area contributed by atoms with E-state index in [1.54, 1.807) is 42.6 Å². The van der Waals surface area contributed by atoms with Gasteiger partial charge in [-0.05, 0) is 54.1 Å². The Morgan fingerprint density at radius 1 is 1.09 bits per heavy atom. The predicted octanol–water partition coefficient (Wildman–Crippen LogP) is 3.81. The van der Waals surface area contributed by atoms with Crippen LogP contribution >= 0.6 is 0 Å². The number of aliphatic hydroxyl groups excluding tert-OH is 1. The van der Waals surface area contributed by atoms with Gasteiger partial charge in [-0.1, -0.05) is 12.1 Å². The van der Waals surface area contributed by atoms with Gasteiger partial charge in [-0.15, -0.1) is 0 Å². The van der Waals surface area contributed by atoms with Gasteiger partial charge in [-0.3, -0.25) is 24.3 Å². The summed E-state index contributed by atoms with van der Waals surface area (Å²) in [5, 5.41) is 13.6. The van der Waals surface area contributed by atoms with E-state index in [-0.39, 0.29) is 17.0 Å². The number of Topliss-reactive ketones (excluding diaryl/α,β-unsaturated/α-hetero) is 1. The number of rotatable bonds is 4. The fourth-order valence-corrected chi connectivity index (χ4v) is 3.65. The quantitative estimate of drug-likeness (QED) is 0.372. The number of hydrogen-bond acceptors (Lipinski definition) is 5. The summed E-state index contributed by atoms with van der Waals surface area (Å²) in [5.41, 5.74) is 1.36.